The van der Waals surface area contributed by atoms with Gasteiger partial charge < -0.3 is 15.1 Å². The predicted molar refractivity (Wildman–Crippen MR) is 71.5 cm³/mol. The molecule has 1 aromatic heterocycles. The van der Waals surface area contributed by atoms with Crippen LogP contribution in [0.4, 0.5) is 5.82 Å². The first-order valence-corrected chi connectivity index (χ1v) is 6.85. The third kappa shape index (κ3) is 3.07. The van der Waals surface area contributed by atoms with Crippen molar-refractivity contribution in [1.82, 2.24) is 9.78 Å². The number of aliphatic hydroxyl groups is 1. The van der Waals surface area contributed by atoms with E-state index in [1.807, 2.05) is 4.90 Å². The predicted octanol–water partition coefficient (Wildman–Crippen LogP) is 1.34. The molecule has 0 bridgehead atoms. The molecule has 2 N–H and O–H groups in total. The van der Waals surface area contributed by atoms with E-state index in [1.165, 1.54) is 6.20 Å². The fourth-order valence-electron chi connectivity index (χ4n) is 2.41. The number of carboxylic acids is 1. The van der Waals surface area contributed by atoms with Crippen molar-refractivity contribution < 1.29 is 15.0 Å². The number of hydrogen-bond acceptors (Lipinski definition) is 4. The van der Waals surface area contributed by atoms with Crippen LogP contribution in [0.3, 0.4) is 0 Å². The molecule has 1 aliphatic rings. The van der Waals surface area contributed by atoms with Crippen molar-refractivity contribution in [2.24, 2.45) is 0 Å². The number of unbranched alkanes of at least 4 members (excludes halogenated alkanes) is 1. The molecule has 0 saturated carbocycles. The summed E-state index contributed by atoms with van der Waals surface area (Å²) in [6.45, 7) is 4.19. The Bertz CT molecular complexity index is 436. The number of nitrogens with zero attached hydrogens (tertiary/aromatic N) is 3. The van der Waals surface area contributed by atoms with Crippen LogP contribution in [0.1, 0.15) is 43.0 Å². The van der Waals surface area contributed by atoms with Crippen LogP contribution in [-0.2, 0) is 6.54 Å². The zero-order valence-electron chi connectivity index (χ0n) is 11.2. The van der Waals surface area contributed by atoms with E-state index in [1.54, 1.807) is 4.68 Å². The highest BCUT2D eigenvalue weighted by Crippen LogP contribution is 2.25. The molecule has 0 aromatic carbocycles. The van der Waals surface area contributed by atoms with E-state index < -0.39 is 5.97 Å². The lowest BCUT2D eigenvalue weighted by Gasteiger charge is -2.32. The van der Waals surface area contributed by atoms with Crippen LogP contribution in [0.25, 0.3) is 0 Å². The fourth-order valence-corrected chi connectivity index (χ4v) is 2.41. The van der Waals surface area contributed by atoms with Crippen LogP contribution in [0.2, 0.25) is 0 Å². The number of anilines is 1. The summed E-state index contributed by atoms with van der Waals surface area (Å²) in [5.41, 5.74) is 0.257. The number of hydrogen-bond donors (Lipinski definition) is 2. The van der Waals surface area contributed by atoms with Gasteiger partial charge in [-0.05, 0) is 19.3 Å². The van der Waals surface area contributed by atoms with Gasteiger partial charge in [-0.25, -0.2) is 9.48 Å². The van der Waals surface area contributed by atoms with Crippen LogP contribution in [0.5, 0.6) is 0 Å². The molecule has 0 spiro atoms. The van der Waals surface area contributed by atoms with Crippen LogP contribution < -0.4 is 4.90 Å². The molecule has 0 unspecified atom stereocenters. The molecule has 0 atom stereocenters. The molecule has 1 saturated heterocycles. The standard InChI is InChI=1S/C13H21N3O3/c1-2-3-6-16-12(11(9-14-16)13(18)19)15-7-4-10(17)5-8-15/h9-10,17H,2-8H2,1H3,(H,18,19). The van der Waals surface area contributed by atoms with Gasteiger partial charge in [0.2, 0.25) is 0 Å². The SMILES string of the molecule is CCCCn1ncc(C(=O)O)c1N1CCC(O)CC1. The topological polar surface area (TPSA) is 78.6 Å². The van der Waals surface area contributed by atoms with Gasteiger partial charge in [0.05, 0.1) is 12.3 Å². The van der Waals surface area contributed by atoms with Crippen molar-refractivity contribution in [3.05, 3.63) is 11.8 Å². The molecule has 0 radical (unpaired) electrons. The van der Waals surface area contributed by atoms with E-state index in [4.69, 9.17) is 0 Å². The number of carboxylic acid groups (broad SMARTS) is 1. The van der Waals surface area contributed by atoms with Crippen molar-refractivity contribution in [1.29, 1.82) is 0 Å². The van der Waals surface area contributed by atoms with Gasteiger partial charge in [-0.15, -0.1) is 0 Å². The third-order valence-electron chi connectivity index (χ3n) is 3.53. The summed E-state index contributed by atoms with van der Waals surface area (Å²) < 4.78 is 1.78. The molecule has 1 fully saturated rings. The Kier molecular flexibility index (Phi) is 4.42. The highest BCUT2D eigenvalue weighted by Gasteiger charge is 2.25. The summed E-state index contributed by atoms with van der Waals surface area (Å²) in [7, 11) is 0. The Labute approximate surface area is 112 Å². The maximum absolute atomic E-state index is 11.3. The van der Waals surface area contributed by atoms with E-state index in [9.17, 15) is 15.0 Å². The molecule has 1 aromatic rings. The first-order chi connectivity index (χ1) is 9.13. The van der Waals surface area contributed by atoms with Crippen molar-refractivity contribution in [2.45, 2.75) is 45.3 Å². The van der Waals surface area contributed by atoms with Gasteiger partial charge in [0, 0.05) is 19.6 Å². The fraction of sp³-hybridized carbons (Fsp3) is 0.692. The van der Waals surface area contributed by atoms with Crippen molar-refractivity contribution in [3.63, 3.8) is 0 Å². The molecular weight excluding hydrogens is 246 g/mol. The minimum Gasteiger partial charge on any atom is -0.477 e. The van der Waals surface area contributed by atoms with Crippen LogP contribution in [-0.4, -0.2) is 45.2 Å². The normalized spacial score (nSPS) is 16.8. The molecule has 6 nitrogen and oxygen atoms in total. The van der Waals surface area contributed by atoms with Gasteiger partial charge >= 0.3 is 5.97 Å². The Morgan fingerprint density at radius 1 is 1.47 bits per heavy atom. The van der Waals surface area contributed by atoms with E-state index in [0.717, 1.165) is 19.4 Å². The molecule has 6 heteroatoms. The maximum Gasteiger partial charge on any atom is 0.341 e. The first kappa shape index (κ1) is 13.9. The average molecular weight is 267 g/mol. The Morgan fingerprint density at radius 2 is 2.16 bits per heavy atom. The largest absolute Gasteiger partial charge is 0.477 e. The number of aromatic nitrogens is 2. The van der Waals surface area contributed by atoms with Crippen molar-refractivity contribution in [3.8, 4) is 0 Å². The number of aromatic carboxylic acids is 1. The average Bonchev–Trinajstić information content (AvgIpc) is 2.81. The summed E-state index contributed by atoms with van der Waals surface area (Å²) in [5, 5.41) is 23.0. The molecule has 19 heavy (non-hydrogen) atoms. The molecule has 0 amide bonds. The lowest BCUT2D eigenvalue weighted by Crippen LogP contribution is -2.38. The number of aliphatic hydroxyl groups excluding tert-OH is 1. The van der Waals surface area contributed by atoms with E-state index in [2.05, 4.69) is 12.0 Å². The molecule has 0 aliphatic carbocycles. The molecule has 1 aliphatic heterocycles. The summed E-state index contributed by atoms with van der Waals surface area (Å²) in [6, 6.07) is 0. The second-order valence-corrected chi connectivity index (χ2v) is 4.98. The van der Waals surface area contributed by atoms with Crippen molar-refractivity contribution >= 4 is 11.8 Å². The van der Waals surface area contributed by atoms with Gasteiger partial charge in [-0.1, -0.05) is 13.3 Å². The van der Waals surface area contributed by atoms with Gasteiger partial charge in [0.15, 0.2) is 0 Å². The van der Waals surface area contributed by atoms with Gasteiger partial charge in [0.1, 0.15) is 11.4 Å². The number of carbonyl (C=O) groups is 1. The quantitative estimate of drug-likeness (QED) is 0.841. The minimum absolute atomic E-state index is 0.257. The second kappa shape index (κ2) is 6.06. The summed E-state index contributed by atoms with van der Waals surface area (Å²) >= 11 is 0. The smallest absolute Gasteiger partial charge is 0.341 e. The lowest BCUT2D eigenvalue weighted by atomic mass is 10.1. The number of piperidine rings is 1. The second-order valence-electron chi connectivity index (χ2n) is 4.98. The van der Waals surface area contributed by atoms with Crippen LogP contribution >= 0.6 is 0 Å². The molecule has 106 valence electrons. The highest BCUT2D eigenvalue weighted by molar-refractivity contribution is 5.93. The molecule has 2 rings (SSSR count). The summed E-state index contributed by atoms with van der Waals surface area (Å²) in [4.78, 5) is 13.3. The van der Waals surface area contributed by atoms with E-state index in [0.29, 0.717) is 31.7 Å². The Hall–Kier alpha value is -1.56. The number of rotatable bonds is 5. The number of aryl methyl sites for hydroxylation is 1. The van der Waals surface area contributed by atoms with Crippen LogP contribution in [0.15, 0.2) is 6.20 Å². The first-order valence-electron chi connectivity index (χ1n) is 6.85. The third-order valence-corrected chi connectivity index (χ3v) is 3.53. The summed E-state index contributed by atoms with van der Waals surface area (Å²) in [5.74, 6) is -0.253. The van der Waals surface area contributed by atoms with Gasteiger partial charge in [-0.3, -0.25) is 0 Å². The molecular formula is C13H21N3O3. The Morgan fingerprint density at radius 3 is 2.74 bits per heavy atom. The van der Waals surface area contributed by atoms with Gasteiger partial charge in [-0.2, -0.15) is 5.10 Å². The minimum atomic E-state index is -0.941. The van der Waals surface area contributed by atoms with Crippen molar-refractivity contribution in [2.75, 3.05) is 18.0 Å². The van der Waals surface area contributed by atoms with E-state index >= 15 is 0 Å². The summed E-state index contributed by atoms with van der Waals surface area (Å²) in [6.07, 6.45) is 4.54. The highest BCUT2D eigenvalue weighted by atomic mass is 16.4. The van der Waals surface area contributed by atoms with Gasteiger partial charge in [0.25, 0.3) is 0 Å². The van der Waals surface area contributed by atoms with E-state index in [-0.39, 0.29) is 11.7 Å². The zero-order chi connectivity index (χ0) is 13.8. The maximum atomic E-state index is 11.3. The molecule has 2 heterocycles. The lowest BCUT2D eigenvalue weighted by molar-refractivity contribution is 0.0697. The van der Waals surface area contributed by atoms with Crippen LogP contribution in [0, 0.1) is 0 Å². The zero-order valence-corrected chi connectivity index (χ0v) is 11.2. The monoisotopic (exact) mass is 267 g/mol. The Balaban J connectivity index is 2.24.